The summed E-state index contributed by atoms with van der Waals surface area (Å²) >= 11 is 5.96. The van der Waals surface area contributed by atoms with E-state index in [9.17, 15) is 4.79 Å². The fraction of sp³-hybridized carbons (Fsp3) is 0.0667. The molecule has 0 saturated carbocycles. The Balaban J connectivity index is 2.12. The number of halogens is 1. The summed E-state index contributed by atoms with van der Waals surface area (Å²) in [5.74, 6) is 0.219. The summed E-state index contributed by atoms with van der Waals surface area (Å²) in [5, 5.41) is 11.6. The zero-order chi connectivity index (χ0) is 14.4. The number of nitriles is 1. The third-order valence-electron chi connectivity index (χ3n) is 2.51. The molecule has 0 aliphatic heterocycles. The minimum absolute atomic E-state index is 0.0398. The van der Waals surface area contributed by atoms with Crippen molar-refractivity contribution in [1.29, 1.82) is 5.26 Å². The lowest BCUT2D eigenvalue weighted by molar-refractivity contribution is 0.102. The van der Waals surface area contributed by atoms with Gasteiger partial charge in [0.05, 0.1) is 10.6 Å². The molecule has 2 aromatic rings. The number of nitrogens with one attached hydrogen (secondary N) is 1. The molecule has 4 nitrogen and oxygen atoms in total. The fourth-order valence-corrected chi connectivity index (χ4v) is 1.84. The molecule has 0 saturated heterocycles. The molecule has 5 heteroatoms. The predicted octanol–water partition coefficient (Wildman–Crippen LogP) is 3.49. The van der Waals surface area contributed by atoms with E-state index in [1.807, 2.05) is 6.07 Å². The molecule has 0 bridgehead atoms. The monoisotopic (exact) mass is 286 g/mol. The van der Waals surface area contributed by atoms with Crippen molar-refractivity contribution < 1.29 is 9.53 Å². The molecular weight excluding hydrogens is 276 g/mol. The van der Waals surface area contributed by atoms with E-state index in [2.05, 4.69) is 5.32 Å². The van der Waals surface area contributed by atoms with E-state index in [4.69, 9.17) is 21.6 Å². The van der Waals surface area contributed by atoms with Gasteiger partial charge in [-0.3, -0.25) is 4.79 Å². The predicted molar refractivity (Wildman–Crippen MR) is 77.0 cm³/mol. The highest BCUT2D eigenvalue weighted by atomic mass is 35.5. The van der Waals surface area contributed by atoms with Gasteiger partial charge in [0.25, 0.3) is 5.91 Å². The molecule has 1 amide bonds. The number of rotatable bonds is 4. The fourth-order valence-electron chi connectivity index (χ4n) is 1.62. The summed E-state index contributed by atoms with van der Waals surface area (Å²) in [6, 6.07) is 15.5. The average Bonchev–Trinajstić information content (AvgIpc) is 2.46. The number of amides is 1. The van der Waals surface area contributed by atoms with Gasteiger partial charge in [-0.2, -0.15) is 5.26 Å². The molecule has 2 aromatic carbocycles. The molecule has 2 rings (SSSR count). The van der Waals surface area contributed by atoms with Gasteiger partial charge in [-0.25, -0.2) is 0 Å². The smallest absolute Gasteiger partial charge is 0.257 e. The zero-order valence-electron chi connectivity index (χ0n) is 10.5. The molecule has 1 N–H and O–H groups in total. The van der Waals surface area contributed by atoms with Crippen molar-refractivity contribution >= 4 is 23.2 Å². The minimum Gasteiger partial charge on any atom is -0.479 e. The van der Waals surface area contributed by atoms with Crippen LogP contribution >= 0.6 is 11.6 Å². The maximum atomic E-state index is 12.1. The molecule has 0 aliphatic rings. The molecule has 0 aliphatic carbocycles. The van der Waals surface area contributed by atoms with Gasteiger partial charge in [0.1, 0.15) is 11.8 Å². The van der Waals surface area contributed by atoms with Crippen LogP contribution in [0, 0.1) is 11.3 Å². The quantitative estimate of drug-likeness (QED) is 0.936. The normalized spacial score (nSPS) is 9.60. The molecule has 0 unspecified atom stereocenters. The highest BCUT2D eigenvalue weighted by Crippen LogP contribution is 2.20. The topological polar surface area (TPSA) is 62.1 Å². The SMILES string of the molecule is N#CCOc1cccc(NC(=O)c2ccccc2Cl)c1. The molecule has 0 radical (unpaired) electrons. The van der Waals surface area contributed by atoms with Gasteiger partial charge in [-0.05, 0) is 24.3 Å². The van der Waals surface area contributed by atoms with E-state index in [-0.39, 0.29) is 12.5 Å². The highest BCUT2D eigenvalue weighted by Gasteiger charge is 2.09. The van der Waals surface area contributed by atoms with Crippen LogP contribution in [0.2, 0.25) is 5.02 Å². The Bertz CT molecular complexity index is 665. The maximum Gasteiger partial charge on any atom is 0.257 e. The van der Waals surface area contributed by atoms with Crippen LogP contribution in [-0.2, 0) is 0 Å². The van der Waals surface area contributed by atoms with Crippen molar-refractivity contribution in [2.45, 2.75) is 0 Å². The van der Waals surface area contributed by atoms with Crippen LogP contribution < -0.4 is 10.1 Å². The van der Waals surface area contributed by atoms with E-state index in [1.165, 1.54) is 0 Å². The molecule has 20 heavy (non-hydrogen) atoms. The Morgan fingerprint density at radius 3 is 2.80 bits per heavy atom. The van der Waals surface area contributed by atoms with Crippen LogP contribution in [0.25, 0.3) is 0 Å². The molecule has 0 atom stereocenters. The third kappa shape index (κ3) is 3.50. The maximum absolute atomic E-state index is 12.1. The largest absolute Gasteiger partial charge is 0.479 e. The molecule has 0 spiro atoms. The van der Waals surface area contributed by atoms with Gasteiger partial charge >= 0.3 is 0 Å². The van der Waals surface area contributed by atoms with Crippen LogP contribution in [0.1, 0.15) is 10.4 Å². The van der Waals surface area contributed by atoms with Crippen molar-refractivity contribution in [1.82, 2.24) is 0 Å². The zero-order valence-corrected chi connectivity index (χ0v) is 11.2. The molecule has 100 valence electrons. The second kappa shape index (κ2) is 6.60. The van der Waals surface area contributed by atoms with E-state index in [0.717, 1.165) is 0 Å². The average molecular weight is 287 g/mol. The minimum atomic E-state index is -0.298. The molecule has 0 heterocycles. The number of nitrogens with zero attached hydrogens (tertiary/aromatic N) is 1. The summed E-state index contributed by atoms with van der Waals surface area (Å²) < 4.78 is 5.17. The number of hydrogen-bond donors (Lipinski definition) is 1. The number of ether oxygens (including phenoxy) is 1. The third-order valence-corrected chi connectivity index (χ3v) is 2.84. The standard InChI is InChI=1S/C15H11ClN2O2/c16-14-7-2-1-6-13(14)15(19)18-11-4-3-5-12(10-11)20-9-8-17/h1-7,10H,9H2,(H,18,19). The Labute approximate surface area is 121 Å². The van der Waals surface area contributed by atoms with Gasteiger partial charge in [0.2, 0.25) is 0 Å². The van der Waals surface area contributed by atoms with E-state index in [0.29, 0.717) is 22.0 Å². The van der Waals surface area contributed by atoms with Crippen molar-refractivity contribution in [3.05, 3.63) is 59.1 Å². The summed E-state index contributed by atoms with van der Waals surface area (Å²) in [5.41, 5.74) is 0.975. The Kier molecular flexibility index (Phi) is 4.59. The summed E-state index contributed by atoms with van der Waals surface area (Å²) in [6.07, 6.45) is 0. The van der Waals surface area contributed by atoms with Crippen LogP contribution in [0.3, 0.4) is 0 Å². The van der Waals surface area contributed by atoms with E-state index in [1.54, 1.807) is 48.5 Å². The summed E-state index contributed by atoms with van der Waals surface area (Å²) in [6.45, 7) is -0.0398. The lowest BCUT2D eigenvalue weighted by Gasteiger charge is -2.08. The molecular formula is C15H11ClN2O2. The first-order valence-electron chi connectivity index (χ1n) is 5.86. The van der Waals surface area contributed by atoms with Gasteiger partial charge in [-0.15, -0.1) is 0 Å². The van der Waals surface area contributed by atoms with Crippen molar-refractivity contribution in [3.8, 4) is 11.8 Å². The Hall–Kier alpha value is -2.51. The number of carbonyl (C=O) groups is 1. The van der Waals surface area contributed by atoms with Crippen LogP contribution in [-0.4, -0.2) is 12.5 Å². The number of carbonyl (C=O) groups excluding carboxylic acids is 1. The Morgan fingerprint density at radius 1 is 1.25 bits per heavy atom. The number of anilines is 1. The first kappa shape index (κ1) is 13.9. The van der Waals surface area contributed by atoms with Gasteiger partial charge < -0.3 is 10.1 Å². The molecule has 0 fully saturated rings. The molecule has 0 aromatic heterocycles. The summed E-state index contributed by atoms with van der Waals surface area (Å²) in [4.78, 5) is 12.1. The van der Waals surface area contributed by atoms with Crippen molar-refractivity contribution in [2.24, 2.45) is 0 Å². The van der Waals surface area contributed by atoms with Crippen LogP contribution in [0.4, 0.5) is 5.69 Å². The highest BCUT2D eigenvalue weighted by molar-refractivity contribution is 6.34. The summed E-state index contributed by atoms with van der Waals surface area (Å²) in [7, 11) is 0. The van der Waals surface area contributed by atoms with Gasteiger partial charge in [0.15, 0.2) is 6.61 Å². The Morgan fingerprint density at radius 2 is 2.05 bits per heavy atom. The van der Waals surface area contributed by atoms with Gasteiger partial charge in [-0.1, -0.05) is 29.8 Å². The van der Waals surface area contributed by atoms with Crippen LogP contribution in [0.5, 0.6) is 5.75 Å². The second-order valence-electron chi connectivity index (χ2n) is 3.91. The first-order chi connectivity index (χ1) is 9.70. The van der Waals surface area contributed by atoms with Crippen molar-refractivity contribution in [3.63, 3.8) is 0 Å². The lowest BCUT2D eigenvalue weighted by Crippen LogP contribution is -2.12. The van der Waals surface area contributed by atoms with Crippen LogP contribution in [0.15, 0.2) is 48.5 Å². The number of benzene rings is 2. The lowest BCUT2D eigenvalue weighted by atomic mass is 10.2. The van der Waals surface area contributed by atoms with Gasteiger partial charge in [0, 0.05) is 11.8 Å². The second-order valence-corrected chi connectivity index (χ2v) is 4.32. The van der Waals surface area contributed by atoms with E-state index >= 15 is 0 Å². The first-order valence-corrected chi connectivity index (χ1v) is 6.24. The van der Waals surface area contributed by atoms with E-state index < -0.39 is 0 Å². The number of hydrogen-bond acceptors (Lipinski definition) is 3. The van der Waals surface area contributed by atoms with Crippen molar-refractivity contribution in [2.75, 3.05) is 11.9 Å².